The standard InChI is InChI=1S/C38H46P2/c1-29-15-12-13-23-36(29)38-30(2)16-14-24-37(38)40(34-21-10-5-11-22-34)39(33-19-8-4-9-20-33)35-27-25-32(26-28-35)31-17-6-3-7-18-31/h3,6-7,12-18,23,25-28,33-34,37H,4-5,8-11,19-22,24H2,1-2H3/t37?,39-,40+/m1/s1. The van der Waals surface area contributed by atoms with Crippen LogP contribution in [0.1, 0.15) is 88.7 Å². The Hall–Kier alpha value is -2.00. The fourth-order valence-corrected chi connectivity index (χ4v) is 19.3. The van der Waals surface area contributed by atoms with Gasteiger partial charge >= 0.3 is 0 Å². The Kier molecular flexibility index (Phi) is 9.37. The minimum Gasteiger partial charge on any atom is -0.0833 e. The summed E-state index contributed by atoms with van der Waals surface area (Å²) in [4.78, 5) is 0. The van der Waals surface area contributed by atoms with Crippen molar-refractivity contribution in [1.82, 2.24) is 0 Å². The maximum absolute atomic E-state index is 2.57. The number of rotatable bonds is 7. The van der Waals surface area contributed by atoms with Crippen LogP contribution in [0.15, 0.2) is 96.6 Å². The highest BCUT2D eigenvalue weighted by Crippen LogP contribution is 2.80. The van der Waals surface area contributed by atoms with Crippen LogP contribution in [0.3, 0.4) is 0 Å². The maximum atomic E-state index is 2.57. The molecular weight excluding hydrogens is 518 g/mol. The third kappa shape index (κ3) is 6.10. The first-order valence-corrected chi connectivity index (χ1v) is 19.5. The van der Waals surface area contributed by atoms with Crippen LogP contribution < -0.4 is 5.30 Å². The molecule has 0 saturated heterocycles. The minimum atomic E-state index is -0.213. The van der Waals surface area contributed by atoms with Crippen molar-refractivity contribution in [3.63, 3.8) is 0 Å². The van der Waals surface area contributed by atoms with Gasteiger partial charge in [0, 0.05) is 5.66 Å². The highest BCUT2D eigenvalue weighted by molar-refractivity contribution is 8.33. The van der Waals surface area contributed by atoms with Gasteiger partial charge in [-0.2, -0.15) is 0 Å². The fraction of sp³-hybridized carbons (Fsp3) is 0.421. The molecule has 2 heteroatoms. The maximum Gasteiger partial charge on any atom is 0.0129 e. The van der Waals surface area contributed by atoms with Gasteiger partial charge in [0.1, 0.15) is 0 Å². The molecule has 40 heavy (non-hydrogen) atoms. The summed E-state index contributed by atoms with van der Waals surface area (Å²) in [7, 11) is -0.383. The van der Waals surface area contributed by atoms with Crippen LogP contribution in [0.4, 0.5) is 0 Å². The summed E-state index contributed by atoms with van der Waals surface area (Å²) in [6.45, 7) is 4.73. The molecule has 0 aliphatic heterocycles. The van der Waals surface area contributed by atoms with Crippen molar-refractivity contribution in [2.75, 3.05) is 0 Å². The van der Waals surface area contributed by atoms with Crippen molar-refractivity contribution in [3.05, 3.63) is 108 Å². The molecule has 3 atom stereocenters. The van der Waals surface area contributed by atoms with E-state index in [0.717, 1.165) is 11.3 Å². The van der Waals surface area contributed by atoms with E-state index in [1.54, 1.807) is 10.9 Å². The van der Waals surface area contributed by atoms with Gasteiger partial charge in [0.25, 0.3) is 0 Å². The minimum absolute atomic E-state index is 0.170. The Labute approximate surface area is 245 Å². The lowest BCUT2D eigenvalue weighted by atomic mass is 9.89. The Bertz CT molecular complexity index is 1310. The zero-order valence-electron chi connectivity index (χ0n) is 24.6. The van der Waals surface area contributed by atoms with Crippen LogP contribution in [0.5, 0.6) is 0 Å². The smallest absolute Gasteiger partial charge is 0.0129 e. The molecule has 3 aromatic rings. The van der Waals surface area contributed by atoms with Gasteiger partial charge in [-0.3, -0.25) is 0 Å². The summed E-state index contributed by atoms with van der Waals surface area (Å²) in [6, 6.07) is 30.2. The summed E-state index contributed by atoms with van der Waals surface area (Å²) >= 11 is 0. The van der Waals surface area contributed by atoms with Crippen molar-refractivity contribution in [2.45, 2.75) is 101 Å². The molecule has 0 N–H and O–H groups in total. The van der Waals surface area contributed by atoms with Gasteiger partial charge in [0.15, 0.2) is 0 Å². The van der Waals surface area contributed by atoms with Crippen LogP contribution in [0, 0.1) is 6.92 Å². The Morgan fingerprint density at radius 3 is 1.88 bits per heavy atom. The van der Waals surface area contributed by atoms with Crippen LogP contribution in [0.25, 0.3) is 16.7 Å². The van der Waals surface area contributed by atoms with E-state index in [9.17, 15) is 0 Å². The second-order valence-electron chi connectivity index (χ2n) is 12.3. The molecule has 3 aliphatic carbocycles. The number of allylic oxidation sites excluding steroid dienone is 4. The zero-order chi connectivity index (χ0) is 27.3. The fourth-order valence-electron chi connectivity index (χ4n) is 7.57. The van der Waals surface area contributed by atoms with Gasteiger partial charge in [0.2, 0.25) is 0 Å². The largest absolute Gasteiger partial charge is 0.0833 e. The van der Waals surface area contributed by atoms with E-state index >= 15 is 0 Å². The molecule has 0 radical (unpaired) electrons. The van der Waals surface area contributed by atoms with Crippen molar-refractivity contribution in [1.29, 1.82) is 0 Å². The molecule has 0 heterocycles. The Morgan fingerprint density at radius 1 is 0.600 bits per heavy atom. The van der Waals surface area contributed by atoms with Gasteiger partial charge in [-0.15, -0.1) is 0 Å². The summed E-state index contributed by atoms with van der Waals surface area (Å²) in [6.07, 6.45) is 20.6. The van der Waals surface area contributed by atoms with E-state index in [1.165, 1.54) is 98.5 Å². The van der Waals surface area contributed by atoms with E-state index in [-0.39, 0.29) is 15.2 Å². The van der Waals surface area contributed by atoms with Crippen molar-refractivity contribution in [3.8, 4) is 11.1 Å². The number of benzene rings is 3. The molecule has 0 bridgehead atoms. The van der Waals surface area contributed by atoms with Crippen molar-refractivity contribution < 1.29 is 0 Å². The average molecular weight is 565 g/mol. The Morgan fingerprint density at radius 2 is 1.20 bits per heavy atom. The van der Waals surface area contributed by atoms with Gasteiger partial charge < -0.3 is 0 Å². The van der Waals surface area contributed by atoms with E-state index < -0.39 is 0 Å². The molecule has 0 amide bonds. The molecule has 0 aromatic heterocycles. The molecule has 208 valence electrons. The predicted octanol–water partition coefficient (Wildman–Crippen LogP) is 11.6. The summed E-state index contributed by atoms with van der Waals surface area (Å²) in [5, 5.41) is 1.70. The molecule has 0 nitrogen and oxygen atoms in total. The summed E-state index contributed by atoms with van der Waals surface area (Å²) < 4.78 is 0. The van der Waals surface area contributed by atoms with Gasteiger partial charge in [-0.05, 0) is 104 Å². The molecule has 6 rings (SSSR count). The number of aryl methyl sites for hydroxylation is 1. The highest BCUT2D eigenvalue weighted by Gasteiger charge is 2.42. The summed E-state index contributed by atoms with van der Waals surface area (Å²) in [5.74, 6) is 0. The molecular formula is C38H46P2. The molecule has 0 spiro atoms. The van der Waals surface area contributed by atoms with E-state index in [4.69, 9.17) is 0 Å². The first kappa shape index (κ1) is 28.1. The van der Waals surface area contributed by atoms with E-state index in [0.29, 0.717) is 5.66 Å². The SMILES string of the molecule is CC1=C(c2ccccc2C)C([P@](C2CCCCC2)[P@@](c2ccc(-c3ccccc3)cc2)C2CCCCC2)CC=C1. The monoisotopic (exact) mass is 564 g/mol. The first-order chi connectivity index (χ1) is 19.7. The normalized spacial score (nSPS) is 22.3. The third-order valence-corrected chi connectivity index (χ3v) is 19.5. The van der Waals surface area contributed by atoms with Gasteiger partial charge in [-0.1, -0.05) is 137 Å². The Balaban J connectivity index is 1.46. The predicted molar refractivity (Wildman–Crippen MR) is 180 cm³/mol. The topological polar surface area (TPSA) is 0 Å². The lowest BCUT2D eigenvalue weighted by molar-refractivity contribution is 0.508. The first-order valence-electron chi connectivity index (χ1n) is 15.9. The summed E-state index contributed by atoms with van der Waals surface area (Å²) in [5.41, 5.74) is 11.4. The van der Waals surface area contributed by atoms with Crippen LogP contribution in [-0.2, 0) is 0 Å². The molecule has 2 saturated carbocycles. The molecule has 3 aliphatic rings. The highest BCUT2D eigenvalue weighted by atomic mass is 32.1. The third-order valence-electron chi connectivity index (χ3n) is 9.60. The molecule has 1 unspecified atom stereocenters. The molecule has 2 fully saturated rings. The van der Waals surface area contributed by atoms with E-state index in [1.807, 2.05) is 0 Å². The average Bonchev–Trinajstić information content (AvgIpc) is 3.02. The number of hydrogen-bond donors (Lipinski definition) is 0. The van der Waals surface area contributed by atoms with Crippen LogP contribution in [0.2, 0.25) is 0 Å². The van der Waals surface area contributed by atoms with Crippen LogP contribution in [-0.4, -0.2) is 17.0 Å². The van der Waals surface area contributed by atoms with Crippen molar-refractivity contribution in [2.24, 2.45) is 0 Å². The lowest BCUT2D eigenvalue weighted by Crippen LogP contribution is -2.26. The second-order valence-corrected chi connectivity index (χ2v) is 19.0. The molecule has 3 aromatic carbocycles. The second kappa shape index (κ2) is 13.3. The lowest BCUT2D eigenvalue weighted by Gasteiger charge is -2.47. The van der Waals surface area contributed by atoms with Crippen molar-refractivity contribution >= 4 is 26.1 Å². The zero-order valence-corrected chi connectivity index (χ0v) is 26.4. The van der Waals surface area contributed by atoms with Gasteiger partial charge in [0.05, 0.1) is 0 Å². The quantitative estimate of drug-likeness (QED) is 0.250. The van der Waals surface area contributed by atoms with Crippen LogP contribution >= 0.6 is 15.2 Å². The van der Waals surface area contributed by atoms with E-state index in [2.05, 4.69) is 105 Å². The number of hydrogen-bond acceptors (Lipinski definition) is 0. The van der Waals surface area contributed by atoms with Gasteiger partial charge in [-0.25, -0.2) is 0 Å².